The van der Waals surface area contributed by atoms with Gasteiger partial charge >= 0.3 is 6.18 Å². The van der Waals surface area contributed by atoms with Crippen LogP contribution in [0.1, 0.15) is 5.82 Å². The molecule has 0 saturated heterocycles. The zero-order valence-corrected chi connectivity index (χ0v) is 8.15. The van der Waals surface area contributed by atoms with Crippen molar-refractivity contribution < 1.29 is 13.2 Å². The topological polar surface area (TPSA) is 29.9 Å². The highest BCUT2D eigenvalue weighted by molar-refractivity contribution is 6.29. The molecular formula is C7H9ClF3N3. The fourth-order valence-electron chi connectivity index (χ4n) is 0.905. The summed E-state index contributed by atoms with van der Waals surface area (Å²) >= 11 is 5.65. The van der Waals surface area contributed by atoms with E-state index in [0.717, 1.165) is 0 Å². The highest BCUT2D eigenvalue weighted by atomic mass is 35.5. The molecule has 7 heteroatoms. The van der Waals surface area contributed by atoms with Gasteiger partial charge in [0.25, 0.3) is 0 Å². The molecule has 0 bridgehead atoms. The minimum atomic E-state index is -4.20. The first-order valence-corrected chi connectivity index (χ1v) is 4.21. The summed E-state index contributed by atoms with van der Waals surface area (Å²) in [7, 11) is 1.64. The molecule has 3 nitrogen and oxygen atoms in total. The number of hydrogen-bond acceptors (Lipinski definition) is 2. The molecule has 0 radical (unpaired) electrons. The first-order chi connectivity index (χ1) is 6.40. The van der Waals surface area contributed by atoms with Crippen LogP contribution in [0.5, 0.6) is 0 Å². The maximum absolute atomic E-state index is 11.7. The lowest BCUT2D eigenvalue weighted by atomic mass is 10.5. The van der Waals surface area contributed by atoms with Gasteiger partial charge in [-0.2, -0.15) is 13.2 Å². The summed E-state index contributed by atoms with van der Waals surface area (Å²) in [6.45, 7) is -0.986. The van der Waals surface area contributed by atoms with E-state index < -0.39 is 12.7 Å². The molecule has 0 aromatic carbocycles. The van der Waals surface area contributed by atoms with Gasteiger partial charge in [-0.1, -0.05) is 11.6 Å². The Morgan fingerprint density at radius 3 is 2.64 bits per heavy atom. The third-order valence-corrected chi connectivity index (χ3v) is 1.99. The maximum Gasteiger partial charge on any atom is 0.401 e. The fourth-order valence-corrected chi connectivity index (χ4v) is 1.05. The van der Waals surface area contributed by atoms with Crippen LogP contribution in [0.3, 0.4) is 0 Å². The smallest absolute Gasteiger partial charge is 0.321 e. The molecule has 0 aliphatic rings. The second-order valence-electron chi connectivity index (χ2n) is 2.77. The SMILES string of the molecule is Cn1c(Cl)cnc1CNCC(F)(F)F. The number of hydrogen-bond donors (Lipinski definition) is 1. The van der Waals surface area contributed by atoms with Gasteiger partial charge in [0.1, 0.15) is 11.0 Å². The van der Waals surface area contributed by atoms with E-state index in [0.29, 0.717) is 11.0 Å². The molecule has 0 aliphatic carbocycles. The normalized spacial score (nSPS) is 12.1. The molecule has 0 unspecified atom stereocenters. The number of alkyl halides is 3. The number of nitrogens with zero attached hydrogens (tertiary/aromatic N) is 2. The van der Waals surface area contributed by atoms with Crippen LogP contribution in [0.2, 0.25) is 5.15 Å². The van der Waals surface area contributed by atoms with Crippen molar-refractivity contribution in [3.8, 4) is 0 Å². The van der Waals surface area contributed by atoms with Gasteiger partial charge in [0.2, 0.25) is 0 Å². The minimum Gasteiger partial charge on any atom is -0.321 e. The third kappa shape index (κ3) is 3.19. The number of imidazole rings is 1. The van der Waals surface area contributed by atoms with Crippen molar-refractivity contribution in [3.63, 3.8) is 0 Å². The van der Waals surface area contributed by atoms with E-state index in [1.165, 1.54) is 10.8 Å². The van der Waals surface area contributed by atoms with Gasteiger partial charge in [0.15, 0.2) is 0 Å². The average molecular weight is 228 g/mol. The van der Waals surface area contributed by atoms with Crippen LogP contribution in [-0.2, 0) is 13.6 Å². The van der Waals surface area contributed by atoms with Gasteiger partial charge in [0.05, 0.1) is 19.3 Å². The largest absolute Gasteiger partial charge is 0.401 e. The second-order valence-corrected chi connectivity index (χ2v) is 3.16. The molecule has 1 aromatic heterocycles. The summed E-state index contributed by atoms with van der Waals surface area (Å²) in [4.78, 5) is 3.84. The van der Waals surface area contributed by atoms with Crippen LogP contribution < -0.4 is 5.32 Å². The highest BCUT2D eigenvalue weighted by Crippen LogP contribution is 2.13. The quantitative estimate of drug-likeness (QED) is 0.852. The lowest BCUT2D eigenvalue weighted by Gasteiger charge is -2.07. The van der Waals surface area contributed by atoms with Crippen LogP contribution in [0.4, 0.5) is 13.2 Å². The van der Waals surface area contributed by atoms with Gasteiger partial charge < -0.3 is 9.88 Å². The molecule has 0 spiro atoms. The molecule has 14 heavy (non-hydrogen) atoms. The Morgan fingerprint density at radius 1 is 1.57 bits per heavy atom. The van der Waals surface area contributed by atoms with Crippen molar-refractivity contribution in [1.29, 1.82) is 0 Å². The summed E-state index contributed by atoms with van der Waals surface area (Å²) in [5.74, 6) is 0.472. The van der Waals surface area contributed by atoms with E-state index in [1.54, 1.807) is 7.05 Å². The Balaban J connectivity index is 2.43. The van der Waals surface area contributed by atoms with Crippen molar-refractivity contribution in [3.05, 3.63) is 17.2 Å². The Labute approximate surface area is 83.9 Å². The number of rotatable bonds is 3. The summed E-state index contributed by atoms with van der Waals surface area (Å²) in [5, 5.41) is 2.63. The van der Waals surface area contributed by atoms with Crippen molar-refractivity contribution in [2.75, 3.05) is 6.54 Å². The lowest BCUT2D eigenvalue weighted by molar-refractivity contribution is -0.125. The fraction of sp³-hybridized carbons (Fsp3) is 0.571. The van der Waals surface area contributed by atoms with E-state index in [1.807, 2.05) is 0 Å². The molecule has 1 heterocycles. The van der Waals surface area contributed by atoms with Crippen molar-refractivity contribution >= 4 is 11.6 Å². The minimum absolute atomic E-state index is 0.0444. The van der Waals surface area contributed by atoms with E-state index >= 15 is 0 Å². The van der Waals surface area contributed by atoms with Crippen molar-refractivity contribution in [2.24, 2.45) is 7.05 Å². The van der Waals surface area contributed by atoms with Gasteiger partial charge in [-0.05, 0) is 0 Å². The molecule has 0 saturated carbocycles. The Hall–Kier alpha value is -0.750. The third-order valence-electron chi connectivity index (χ3n) is 1.64. The standard InChI is InChI=1S/C7H9ClF3N3/c1-14-5(8)2-13-6(14)3-12-4-7(9,10)11/h2,12H,3-4H2,1H3. The predicted octanol–water partition coefficient (Wildman–Crippen LogP) is 1.73. The van der Waals surface area contributed by atoms with Crippen molar-refractivity contribution in [1.82, 2.24) is 14.9 Å². The summed E-state index contributed by atoms with van der Waals surface area (Å²) in [5.41, 5.74) is 0. The average Bonchev–Trinajstić information content (AvgIpc) is 2.33. The van der Waals surface area contributed by atoms with E-state index in [4.69, 9.17) is 11.6 Å². The van der Waals surface area contributed by atoms with Crippen LogP contribution in [-0.4, -0.2) is 22.3 Å². The molecule has 0 fully saturated rings. The van der Waals surface area contributed by atoms with Crippen molar-refractivity contribution in [2.45, 2.75) is 12.7 Å². The Morgan fingerprint density at radius 2 is 2.21 bits per heavy atom. The molecule has 1 N–H and O–H groups in total. The number of aromatic nitrogens is 2. The van der Waals surface area contributed by atoms with Gasteiger partial charge in [-0.15, -0.1) is 0 Å². The molecule has 0 amide bonds. The van der Waals surface area contributed by atoms with Gasteiger partial charge in [-0.25, -0.2) is 4.98 Å². The molecule has 0 atom stereocenters. The molecule has 0 aliphatic heterocycles. The lowest BCUT2D eigenvalue weighted by Crippen LogP contribution is -2.29. The summed E-state index contributed by atoms with van der Waals surface area (Å²) in [6.07, 6.45) is -2.80. The summed E-state index contributed by atoms with van der Waals surface area (Å²) in [6, 6.07) is 0. The predicted molar refractivity (Wildman–Crippen MR) is 46.0 cm³/mol. The first kappa shape index (κ1) is 11.3. The number of nitrogens with one attached hydrogen (secondary N) is 1. The summed E-state index contributed by atoms with van der Waals surface area (Å²) < 4.78 is 36.8. The van der Waals surface area contributed by atoms with Gasteiger partial charge in [-0.3, -0.25) is 0 Å². The molecular weight excluding hydrogens is 219 g/mol. The first-order valence-electron chi connectivity index (χ1n) is 3.84. The highest BCUT2D eigenvalue weighted by Gasteiger charge is 2.26. The Bertz CT molecular complexity index is 308. The zero-order chi connectivity index (χ0) is 10.8. The molecule has 1 rings (SSSR count). The Kier molecular flexibility index (Phi) is 3.38. The van der Waals surface area contributed by atoms with Crippen LogP contribution >= 0.6 is 11.6 Å². The number of halogens is 4. The molecule has 80 valence electrons. The van der Waals surface area contributed by atoms with Crippen LogP contribution in [0.15, 0.2) is 6.20 Å². The second kappa shape index (κ2) is 4.18. The van der Waals surface area contributed by atoms with E-state index in [9.17, 15) is 13.2 Å². The van der Waals surface area contributed by atoms with E-state index in [-0.39, 0.29) is 6.54 Å². The monoisotopic (exact) mass is 227 g/mol. The van der Waals surface area contributed by atoms with Crippen LogP contribution in [0, 0.1) is 0 Å². The van der Waals surface area contributed by atoms with Gasteiger partial charge in [0, 0.05) is 7.05 Å². The van der Waals surface area contributed by atoms with Crippen LogP contribution in [0.25, 0.3) is 0 Å². The van der Waals surface area contributed by atoms with E-state index in [2.05, 4.69) is 10.3 Å². The maximum atomic E-state index is 11.7. The zero-order valence-electron chi connectivity index (χ0n) is 7.40. The molecule has 1 aromatic rings.